The maximum atomic E-state index is 13.8. The zero-order valence-electron chi connectivity index (χ0n) is 25.2. The number of halogens is 1. The minimum Gasteiger partial charge on any atom is -0.348 e. The number of carbonyl (C=O) groups excluding carboxylic acids is 3. The molecule has 224 valence electrons. The molecule has 0 radical (unpaired) electrons. The Morgan fingerprint density at radius 3 is 2.29 bits per heavy atom. The zero-order chi connectivity index (χ0) is 30.8. The van der Waals surface area contributed by atoms with Crippen LogP contribution in [0.3, 0.4) is 0 Å². The second-order valence-corrected chi connectivity index (χ2v) is 13.8. The topological polar surface area (TPSA) is 90.9 Å². The van der Waals surface area contributed by atoms with E-state index < -0.39 is 17.5 Å². The van der Waals surface area contributed by atoms with Crippen molar-refractivity contribution in [3.8, 4) is 0 Å². The van der Waals surface area contributed by atoms with Crippen molar-refractivity contribution >= 4 is 56.9 Å². The van der Waals surface area contributed by atoms with Crippen molar-refractivity contribution in [3.63, 3.8) is 0 Å². The van der Waals surface area contributed by atoms with Gasteiger partial charge in [-0.1, -0.05) is 80.0 Å². The molecule has 3 amide bonds. The highest BCUT2D eigenvalue weighted by Gasteiger charge is 2.42. The van der Waals surface area contributed by atoms with E-state index in [9.17, 15) is 14.4 Å². The number of carbonyl (C=O) groups is 3. The quantitative estimate of drug-likeness (QED) is 0.301. The lowest BCUT2D eigenvalue weighted by molar-refractivity contribution is -0.144. The SMILES string of the molecule is CC1=C(c2ccc([C@H](C)NC(=O)[C@@H]3CCCN3C(=O)[C@@H](NC(=O)Cc3ccc(Br)cc3)C(C)(C)C)cc2)[C@H](C)C(S)=N1. The number of allylic oxidation sites excluding steroid dienone is 2. The molecule has 1 fully saturated rings. The molecule has 42 heavy (non-hydrogen) atoms. The van der Waals surface area contributed by atoms with Crippen molar-refractivity contribution in [2.45, 2.75) is 78.9 Å². The maximum absolute atomic E-state index is 13.8. The minimum atomic E-state index is -0.753. The number of rotatable bonds is 8. The largest absolute Gasteiger partial charge is 0.348 e. The van der Waals surface area contributed by atoms with Gasteiger partial charge in [0.2, 0.25) is 17.7 Å². The molecule has 2 aromatic rings. The van der Waals surface area contributed by atoms with Crippen LogP contribution in [0.5, 0.6) is 0 Å². The van der Waals surface area contributed by atoms with Crippen molar-refractivity contribution < 1.29 is 14.4 Å². The van der Waals surface area contributed by atoms with Gasteiger partial charge in [-0.2, -0.15) is 0 Å². The molecule has 1 saturated heterocycles. The fourth-order valence-electron chi connectivity index (χ4n) is 5.69. The van der Waals surface area contributed by atoms with Crippen molar-refractivity contribution in [2.75, 3.05) is 6.54 Å². The molecule has 7 nitrogen and oxygen atoms in total. The van der Waals surface area contributed by atoms with Gasteiger partial charge in [0.1, 0.15) is 12.1 Å². The van der Waals surface area contributed by atoms with Crippen molar-refractivity contribution in [3.05, 3.63) is 75.4 Å². The predicted molar refractivity (Wildman–Crippen MR) is 175 cm³/mol. The van der Waals surface area contributed by atoms with Gasteiger partial charge in [0.15, 0.2) is 0 Å². The summed E-state index contributed by atoms with van der Waals surface area (Å²) < 4.78 is 0.938. The molecule has 2 N–H and O–H groups in total. The molecule has 4 rings (SSSR count). The van der Waals surface area contributed by atoms with E-state index in [0.717, 1.165) is 38.3 Å². The zero-order valence-corrected chi connectivity index (χ0v) is 27.7. The van der Waals surface area contributed by atoms with Crippen LogP contribution in [0.1, 0.15) is 77.1 Å². The van der Waals surface area contributed by atoms with Gasteiger partial charge >= 0.3 is 0 Å². The fraction of sp³-hybridized carbons (Fsp3) is 0.455. The third kappa shape index (κ3) is 7.35. The molecule has 0 bridgehead atoms. The van der Waals surface area contributed by atoms with Crippen LogP contribution >= 0.6 is 28.6 Å². The third-order valence-electron chi connectivity index (χ3n) is 8.11. The molecule has 0 aliphatic carbocycles. The minimum absolute atomic E-state index is 0.157. The second-order valence-electron chi connectivity index (χ2n) is 12.4. The first kappa shape index (κ1) is 32.0. The van der Waals surface area contributed by atoms with Gasteiger partial charge in [0, 0.05) is 22.6 Å². The Hall–Kier alpha value is -2.91. The summed E-state index contributed by atoms with van der Waals surface area (Å²) in [7, 11) is 0. The van der Waals surface area contributed by atoms with Crippen LogP contribution in [0, 0.1) is 11.3 Å². The maximum Gasteiger partial charge on any atom is 0.246 e. The van der Waals surface area contributed by atoms with Crippen LogP contribution in [0.2, 0.25) is 0 Å². The number of hydrogen-bond donors (Lipinski definition) is 3. The van der Waals surface area contributed by atoms with Crippen molar-refractivity contribution in [2.24, 2.45) is 16.3 Å². The van der Waals surface area contributed by atoms with E-state index in [1.165, 1.54) is 5.57 Å². The van der Waals surface area contributed by atoms with E-state index in [-0.39, 0.29) is 36.1 Å². The van der Waals surface area contributed by atoms with Gasteiger partial charge in [0.05, 0.1) is 17.5 Å². The number of nitrogens with zero attached hydrogens (tertiary/aromatic N) is 2. The van der Waals surface area contributed by atoms with Crippen LogP contribution in [0.4, 0.5) is 0 Å². The summed E-state index contributed by atoms with van der Waals surface area (Å²) in [6.45, 7) is 12.3. The molecule has 0 unspecified atom stereocenters. The molecular formula is C33H41BrN4O3S. The highest BCUT2D eigenvalue weighted by atomic mass is 79.9. The van der Waals surface area contributed by atoms with E-state index in [1.54, 1.807) is 4.90 Å². The summed E-state index contributed by atoms with van der Waals surface area (Å²) in [5, 5.41) is 6.91. The Kier molecular flexibility index (Phi) is 10.0. The smallest absolute Gasteiger partial charge is 0.246 e. The number of hydrogen-bond acceptors (Lipinski definition) is 4. The van der Waals surface area contributed by atoms with E-state index in [2.05, 4.69) is 63.2 Å². The number of amides is 3. The fourth-order valence-corrected chi connectivity index (χ4v) is 6.24. The molecule has 2 heterocycles. The Morgan fingerprint density at radius 1 is 1.07 bits per heavy atom. The van der Waals surface area contributed by atoms with E-state index >= 15 is 0 Å². The number of nitrogens with one attached hydrogen (secondary N) is 2. The molecule has 0 saturated carbocycles. The average molecular weight is 654 g/mol. The molecule has 0 spiro atoms. The van der Waals surface area contributed by atoms with Crippen molar-refractivity contribution in [1.29, 1.82) is 0 Å². The predicted octanol–water partition coefficient (Wildman–Crippen LogP) is 6.10. The summed E-state index contributed by atoms with van der Waals surface area (Å²) in [6.07, 6.45) is 1.49. The first-order chi connectivity index (χ1) is 19.8. The van der Waals surface area contributed by atoms with Crippen LogP contribution < -0.4 is 10.6 Å². The van der Waals surface area contributed by atoms with Gasteiger partial charge in [-0.15, -0.1) is 12.6 Å². The molecule has 2 aliphatic heterocycles. The lowest BCUT2D eigenvalue weighted by Gasteiger charge is -2.35. The molecule has 2 aromatic carbocycles. The molecule has 0 aromatic heterocycles. The molecule has 9 heteroatoms. The highest BCUT2D eigenvalue weighted by Crippen LogP contribution is 2.35. The summed E-state index contributed by atoms with van der Waals surface area (Å²) in [6, 6.07) is 14.1. The number of thiol groups is 1. The first-order valence-corrected chi connectivity index (χ1v) is 15.7. The lowest BCUT2D eigenvalue weighted by Crippen LogP contribution is -2.58. The average Bonchev–Trinajstić information content (AvgIpc) is 3.52. The number of likely N-dealkylation sites (tertiary alicyclic amines) is 1. The van der Waals surface area contributed by atoms with Gasteiger partial charge in [-0.25, -0.2) is 0 Å². The normalized spacial score (nSPS) is 20.3. The molecule has 2 aliphatic rings. The van der Waals surface area contributed by atoms with Crippen LogP contribution in [-0.4, -0.2) is 46.3 Å². The summed E-state index contributed by atoms with van der Waals surface area (Å²) in [4.78, 5) is 46.4. The molecule has 4 atom stereocenters. The van der Waals surface area contributed by atoms with E-state index in [4.69, 9.17) is 0 Å². The standard InChI is InChI=1S/C33H41BrN4O3S/c1-19-28(21(3)36-31(19)42)24-13-11-23(12-14-24)20(2)35-30(40)26-8-7-17-38(26)32(41)29(33(4,5)6)37-27(39)18-22-9-15-25(34)16-10-22/h9-16,19-20,26,29H,7-8,17-18H2,1-6H3,(H,35,40)(H,36,42)(H,37,39)/t19-,20-,26-,29+/m0/s1. The van der Waals surface area contributed by atoms with Gasteiger partial charge in [-0.3, -0.25) is 19.4 Å². The van der Waals surface area contributed by atoms with Crippen LogP contribution in [-0.2, 0) is 20.8 Å². The Labute approximate surface area is 263 Å². The van der Waals surface area contributed by atoms with E-state index in [1.807, 2.05) is 71.0 Å². The number of benzene rings is 2. The lowest BCUT2D eigenvalue weighted by atomic mass is 9.85. The van der Waals surface area contributed by atoms with Gasteiger partial charge in [0.25, 0.3) is 0 Å². The van der Waals surface area contributed by atoms with Crippen molar-refractivity contribution in [1.82, 2.24) is 15.5 Å². The Bertz CT molecular complexity index is 1400. The summed E-state index contributed by atoms with van der Waals surface area (Å²) in [5.41, 5.74) is 4.55. The van der Waals surface area contributed by atoms with E-state index in [0.29, 0.717) is 13.0 Å². The summed E-state index contributed by atoms with van der Waals surface area (Å²) >= 11 is 7.90. The monoisotopic (exact) mass is 652 g/mol. The Morgan fingerprint density at radius 2 is 1.71 bits per heavy atom. The Balaban J connectivity index is 1.41. The highest BCUT2D eigenvalue weighted by molar-refractivity contribution is 9.10. The molecular weight excluding hydrogens is 612 g/mol. The second kappa shape index (κ2) is 13.2. The van der Waals surface area contributed by atoms with Gasteiger partial charge in [-0.05, 0) is 66.5 Å². The number of aliphatic imine (C=N–C) groups is 1. The summed E-state index contributed by atoms with van der Waals surface area (Å²) in [5.74, 6) is -0.466. The van der Waals surface area contributed by atoms with Crippen LogP contribution in [0.25, 0.3) is 5.57 Å². The van der Waals surface area contributed by atoms with Crippen LogP contribution in [0.15, 0.2) is 63.7 Å². The first-order valence-electron chi connectivity index (χ1n) is 14.5. The third-order valence-corrected chi connectivity index (χ3v) is 9.12. The van der Waals surface area contributed by atoms with Gasteiger partial charge < -0.3 is 15.5 Å².